The van der Waals surface area contributed by atoms with Gasteiger partial charge in [-0.1, -0.05) is 0 Å². The van der Waals surface area contributed by atoms with Crippen LogP contribution < -0.4 is 40.2 Å². The van der Waals surface area contributed by atoms with Crippen LogP contribution in [-0.4, -0.2) is 82.4 Å². The van der Waals surface area contributed by atoms with Gasteiger partial charge in [-0.25, -0.2) is 10.3 Å². The summed E-state index contributed by atoms with van der Waals surface area (Å²) in [6, 6.07) is 11.6. The van der Waals surface area contributed by atoms with Gasteiger partial charge in [0.1, 0.15) is 17.6 Å². The molecule has 2 saturated heterocycles. The van der Waals surface area contributed by atoms with Crippen molar-refractivity contribution >= 4 is 40.4 Å². The Labute approximate surface area is 233 Å². The maximum Gasteiger partial charge on any atom is 0.396 e. The lowest BCUT2D eigenvalue weighted by Gasteiger charge is -2.35. The Hall–Kier alpha value is -4.32. The van der Waals surface area contributed by atoms with Gasteiger partial charge in [-0.2, -0.15) is 4.39 Å². The molecule has 2 aliphatic heterocycles. The van der Waals surface area contributed by atoms with E-state index in [-0.39, 0.29) is 11.7 Å². The number of benzene rings is 2. The van der Waals surface area contributed by atoms with E-state index in [1.54, 1.807) is 21.1 Å². The van der Waals surface area contributed by atoms with Gasteiger partial charge in [-0.15, -0.1) is 0 Å². The van der Waals surface area contributed by atoms with E-state index in [1.165, 1.54) is 6.20 Å². The first-order valence-electron chi connectivity index (χ1n) is 13.4. The summed E-state index contributed by atoms with van der Waals surface area (Å²) in [5.41, 5.74) is 3.34. The van der Waals surface area contributed by atoms with E-state index >= 15 is 0 Å². The summed E-state index contributed by atoms with van der Waals surface area (Å²) in [5.74, 6) is 1.16. The van der Waals surface area contributed by atoms with Crippen molar-refractivity contribution in [2.75, 3.05) is 87.0 Å². The van der Waals surface area contributed by atoms with Gasteiger partial charge in [0, 0.05) is 82.8 Å². The first kappa shape index (κ1) is 27.3. The Kier molecular flexibility index (Phi) is 8.34. The number of ether oxygens (including phenoxy) is 2. The van der Waals surface area contributed by atoms with Gasteiger partial charge < -0.3 is 34.8 Å². The third-order valence-corrected chi connectivity index (χ3v) is 7.23. The molecule has 4 N–H and O–H groups in total. The largest absolute Gasteiger partial charge is 0.494 e. The normalized spacial score (nSPS) is 15.6. The van der Waals surface area contributed by atoms with Crippen molar-refractivity contribution in [1.29, 1.82) is 0 Å². The summed E-state index contributed by atoms with van der Waals surface area (Å²) in [5, 5.41) is 9.62. The van der Waals surface area contributed by atoms with Gasteiger partial charge in [0.05, 0.1) is 19.9 Å². The number of anilines is 6. The summed E-state index contributed by atoms with van der Waals surface area (Å²) in [6.45, 7) is 8.15. The molecule has 3 aromatic rings. The van der Waals surface area contributed by atoms with E-state index in [0.717, 1.165) is 50.6 Å². The number of carbonyl (C=O) groups excluding carboxylic acids is 1. The second kappa shape index (κ2) is 12.2. The molecule has 0 bridgehead atoms. The molecular weight excluding hydrogens is 515 g/mol. The van der Waals surface area contributed by atoms with Crippen molar-refractivity contribution in [3.8, 4) is 11.5 Å². The molecule has 1 amide bonds. The second-order valence-electron chi connectivity index (χ2n) is 9.69. The van der Waals surface area contributed by atoms with Gasteiger partial charge in [-0.05, 0) is 29.2 Å². The molecule has 2 aromatic carbocycles. The highest BCUT2D eigenvalue weighted by Gasteiger charge is 2.22. The van der Waals surface area contributed by atoms with Crippen LogP contribution in [0.1, 0.15) is 6.92 Å². The lowest BCUT2D eigenvalue weighted by molar-refractivity contribution is -0.367. The molecule has 0 atom stereocenters. The molecule has 0 aliphatic carbocycles. The molecule has 2 aliphatic rings. The van der Waals surface area contributed by atoms with Crippen LogP contribution in [0, 0.1) is 5.82 Å². The number of aromatic nitrogens is 2. The quantitative estimate of drug-likeness (QED) is 0.389. The number of amides is 1. The first-order valence-corrected chi connectivity index (χ1v) is 13.4. The Bertz CT molecular complexity index is 1340. The number of aromatic amines is 1. The number of hydrogen-bond acceptors (Lipinski definition) is 9. The predicted molar refractivity (Wildman–Crippen MR) is 153 cm³/mol. The van der Waals surface area contributed by atoms with Crippen molar-refractivity contribution in [2.45, 2.75) is 6.92 Å². The van der Waals surface area contributed by atoms with E-state index in [0.29, 0.717) is 41.9 Å². The fourth-order valence-electron chi connectivity index (χ4n) is 4.97. The van der Waals surface area contributed by atoms with Gasteiger partial charge in [0.15, 0.2) is 5.75 Å². The average Bonchev–Trinajstić information content (AvgIpc) is 2.99. The molecule has 3 heterocycles. The summed E-state index contributed by atoms with van der Waals surface area (Å²) < 4.78 is 26.0. The molecule has 0 saturated carbocycles. The number of hydrogen-bond donors (Lipinski definition) is 3. The Morgan fingerprint density at radius 2 is 1.48 bits per heavy atom. The maximum absolute atomic E-state index is 14.8. The number of methoxy groups -OCH3 is 2. The van der Waals surface area contributed by atoms with Gasteiger partial charge in [0.2, 0.25) is 17.5 Å². The number of halogens is 1. The Morgan fingerprint density at radius 1 is 0.900 bits per heavy atom. The minimum absolute atomic E-state index is 0.0494. The molecule has 0 unspecified atom stereocenters. The van der Waals surface area contributed by atoms with Gasteiger partial charge >= 0.3 is 5.95 Å². The third-order valence-electron chi connectivity index (χ3n) is 7.23. The van der Waals surface area contributed by atoms with E-state index < -0.39 is 5.82 Å². The van der Waals surface area contributed by atoms with Gasteiger partial charge in [0.25, 0.3) is 0 Å². The monoisotopic (exact) mass is 551 g/mol. The third kappa shape index (κ3) is 6.12. The standard InChI is InChI=1S/C28H35FN8O3/c1-19(38)35-12-14-37(15-13-35)21-5-7-24(26(17-21)40-3)33-28-31-18-22(29)27(34-28)32-23-6-4-20(16-25(23)39-2)36-10-8-30-9-11-36/h4-7,16-18,30H,8-15H2,1-3H3,(H2,31,32,33,34)/p+1. The van der Waals surface area contributed by atoms with Crippen LogP contribution in [0.2, 0.25) is 0 Å². The van der Waals surface area contributed by atoms with Crippen LogP contribution in [0.5, 0.6) is 11.5 Å². The zero-order valence-corrected chi connectivity index (χ0v) is 23.1. The molecule has 0 spiro atoms. The van der Waals surface area contributed by atoms with Gasteiger partial charge in [-0.3, -0.25) is 4.79 Å². The zero-order chi connectivity index (χ0) is 28.1. The topological polar surface area (TPSA) is 108 Å². The lowest BCUT2D eigenvalue weighted by atomic mass is 10.2. The second-order valence-corrected chi connectivity index (χ2v) is 9.69. The fourth-order valence-corrected chi connectivity index (χ4v) is 4.97. The SMILES string of the molecule is COc1cc(N2CCN(C(C)=O)CC2)ccc1Nc1nc(Nc2ccc(N3CCNCC3)cc2OC)c(F)c[nH+]1. The van der Waals surface area contributed by atoms with Crippen molar-refractivity contribution in [2.24, 2.45) is 0 Å². The molecule has 5 rings (SSSR count). The Morgan fingerprint density at radius 3 is 2.05 bits per heavy atom. The molecule has 11 nitrogen and oxygen atoms in total. The highest BCUT2D eigenvalue weighted by molar-refractivity contribution is 5.74. The molecule has 2 fully saturated rings. The van der Waals surface area contributed by atoms with Crippen LogP contribution in [0.15, 0.2) is 42.6 Å². The van der Waals surface area contributed by atoms with Crippen molar-refractivity contribution < 1.29 is 23.6 Å². The van der Waals surface area contributed by atoms with Crippen LogP contribution in [0.25, 0.3) is 0 Å². The van der Waals surface area contributed by atoms with Crippen molar-refractivity contribution in [3.63, 3.8) is 0 Å². The molecular formula is C28H36FN8O3+. The van der Waals surface area contributed by atoms with E-state index in [2.05, 4.69) is 35.7 Å². The number of H-pyrrole nitrogens is 1. The molecule has 12 heteroatoms. The minimum Gasteiger partial charge on any atom is -0.494 e. The van der Waals surface area contributed by atoms with Crippen LogP contribution >= 0.6 is 0 Å². The summed E-state index contributed by atoms with van der Waals surface area (Å²) in [6.07, 6.45) is 1.24. The van der Waals surface area contributed by atoms with Crippen LogP contribution in [0.3, 0.4) is 0 Å². The molecule has 0 radical (unpaired) electrons. The summed E-state index contributed by atoms with van der Waals surface area (Å²) >= 11 is 0. The lowest BCUT2D eigenvalue weighted by Crippen LogP contribution is -2.48. The Balaban J connectivity index is 1.31. The summed E-state index contributed by atoms with van der Waals surface area (Å²) in [7, 11) is 3.19. The first-order chi connectivity index (χ1) is 19.4. The molecule has 40 heavy (non-hydrogen) atoms. The minimum atomic E-state index is -0.536. The average molecular weight is 552 g/mol. The molecule has 212 valence electrons. The maximum atomic E-state index is 14.8. The van der Waals surface area contributed by atoms with Crippen LogP contribution in [0.4, 0.5) is 38.9 Å². The summed E-state index contributed by atoms with van der Waals surface area (Å²) in [4.78, 5) is 25.3. The highest BCUT2D eigenvalue weighted by Crippen LogP contribution is 2.34. The number of carbonyl (C=O) groups is 1. The number of nitrogens with zero attached hydrogens (tertiary/aromatic N) is 4. The number of rotatable bonds is 8. The van der Waals surface area contributed by atoms with E-state index in [1.807, 2.05) is 41.3 Å². The van der Waals surface area contributed by atoms with Crippen molar-refractivity contribution in [3.05, 3.63) is 48.4 Å². The van der Waals surface area contributed by atoms with Crippen molar-refractivity contribution in [1.82, 2.24) is 15.2 Å². The van der Waals surface area contributed by atoms with E-state index in [9.17, 15) is 9.18 Å². The van der Waals surface area contributed by atoms with Crippen LogP contribution in [-0.2, 0) is 4.79 Å². The number of piperazine rings is 2. The molecule has 1 aromatic heterocycles. The smallest absolute Gasteiger partial charge is 0.396 e. The number of nitrogens with one attached hydrogen (secondary N) is 4. The zero-order valence-electron chi connectivity index (χ0n) is 23.1. The highest BCUT2D eigenvalue weighted by atomic mass is 19.1. The fraction of sp³-hybridized carbons (Fsp3) is 0.393. The van der Waals surface area contributed by atoms with E-state index in [4.69, 9.17) is 9.47 Å². The predicted octanol–water partition coefficient (Wildman–Crippen LogP) is 2.62.